The number of nitriles is 1. The highest BCUT2D eigenvalue weighted by Crippen LogP contribution is 2.36. The molecule has 3 heterocycles. The van der Waals surface area contributed by atoms with Crippen molar-refractivity contribution in [3.8, 4) is 6.07 Å². The van der Waals surface area contributed by atoms with Crippen LogP contribution < -0.4 is 15.4 Å². The third-order valence-electron chi connectivity index (χ3n) is 8.41. The molecular weight excluding hydrogens is 614 g/mol. The number of carboxylic acids is 1. The zero-order valence-corrected chi connectivity index (χ0v) is 27.5. The molecule has 0 unspecified atom stereocenters. The molecule has 12 heteroatoms. The van der Waals surface area contributed by atoms with E-state index in [1.165, 1.54) is 28.5 Å². The van der Waals surface area contributed by atoms with Crippen LogP contribution in [0.2, 0.25) is 0 Å². The minimum Gasteiger partial charge on any atom is -0.481 e. The van der Waals surface area contributed by atoms with Crippen LogP contribution in [0, 0.1) is 24.1 Å². The van der Waals surface area contributed by atoms with Gasteiger partial charge in [-0.2, -0.15) is 5.26 Å². The minimum atomic E-state index is -0.740. The van der Waals surface area contributed by atoms with E-state index >= 15 is 0 Å². The Morgan fingerprint density at radius 2 is 1.58 bits per heavy atom. The van der Waals surface area contributed by atoms with Crippen LogP contribution in [0.1, 0.15) is 74.5 Å². The molecule has 2 fully saturated rings. The lowest BCUT2D eigenvalue weighted by Gasteiger charge is -2.38. The topological polar surface area (TPSA) is 110 Å². The van der Waals surface area contributed by atoms with E-state index in [0.717, 1.165) is 57.1 Å². The number of hydrogen-bond donors (Lipinski definition) is 1. The number of nitrogens with zero attached hydrogens (tertiary/aromatic N) is 5. The Labute approximate surface area is 273 Å². The number of aromatic nitrogens is 1. The molecule has 0 saturated carbocycles. The molecule has 240 valence electrons. The van der Waals surface area contributed by atoms with Gasteiger partial charge in [0.2, 0.25) is 0 Å². The summed E-state index contributed by atoms with van der Waals surface area (Å²) in [5.41, 5.74) is 1.79. The van der Waals surface area contributed by atoms with Gasteiger partial charge in [0.05, 0.1) is 4.91 Å². The summed E-state index contributed by atoms with van der Waals surface area (Å²) in [7, 11) is 1.66. The second-order valence-electron chi connectivity index (χ2n) is 11.5. The maximum absolute atomic E-state index is 13.5. The van der Waals surface area contributed by atoms with Gasteiger partial charge in [-0.1, -0.05) is 62.5 Å². The summed E-state index contributed by atoms with van der Waals surface area (Å²) in [5.74, 6) is -0.532. The van der Waals surface area contributed by atoms with Crippen molar-refractivity contribution in [1.29, 1.82) is 5.26 Å². The van der Waals surface area contributed by atoms with Gasteiger partial charge < -0.3 is 14.9 Å². The average Bonchev–Trinajstić information content (AvgIpc) is 3.29. The first-order chi connectivity index (χ1) is 21.6. The van der Waals surface area contributed by atoms with Gasteiger partial charge in [0, 0.05) is 57.4 Å². The number of anilines is 2. The molecule has 2 aliphatic rings. The molecule has 1 aromatic heterocycles. The normalized spacial score (nSPS) is 16.1. The van der Waals surface area contributed by atoms with Crippen LogP contribution in [-0.4, -0.2) is 63.5 Å². The number of thioether (sulfide) groups is 1. The number of hydrogen-bond acceptors (Lipinski definition) is 8. The van der Waals surface area contributed by atoms with E-state index in [4.69, 9.17) is 17.3 Å². The van der Waals surface area contributed by atoms with Crippen LogP contribution in [0.25, 0.3) is 6.08 Å². The molecule has 1 amide bonds. The van der Waals surface area contributed by atoms with Crippen molar-refractivity contribution in [1.82, 2.24) is 9.47 Å². The summed E-state index contributed by atoms with van der Waals surface area (Å²) in [6, 6.07) is 8.46. The maximum atomic E-state index is 13.5. The Bertz CT molecular complexity index is 1540. The molecule has 0 bridgehead atoms. The Kier molecular flexibility index (Phi) is 12.2. The van der Waals surface area contributed by atoms with Crippen molar-refractivity contribution >= 4 is 57.8 Å². The van der Waals surface area contributed by atoms with Crippen molar-refractivity contribution in [3.05, 3.63) is 62.0 Å². The minimum absolute atomic E-state index is 0.0508. The lowest BCUT2D eigenvalue weighted by molar-refractivity contribution is -0.137. The van der Waals surface area contributed by atoms with Crippen LogP contribution in [0.3, 0.4) is 0 Å². The first kappa shape index (κ1) is 34.2. The van der Waals surface area contributed by atoms with E-state index < -0.39 is 5.97 Å². The molecule has 2 saturated heterocycles. The average molecular weight is 654 g/mol. The highest BCUT2D eigenvalue weighted by molar-refractivity contribution is 8.26. The Morgan fingerprint density at radius 3 is 2.18 bits per heavy atom. The van der Waals surface area contributed by atoms with Crippen molar-refractivity contribution in [2.45, 2.75) is 64.7 Å². The number of halogens is 1. The molecule has 45 heavy (non-hydrogen) atoms. The number of aliphatic carboxylic acids is 1. The van der Waals surface area contributed by atoms with Gasteiger partial charge in [0.25, 0.3) is 11.5 Å². The fourth-order valence-corrected chi connectivity index (χ4v) is 7.14. The number of rotatable bonds is 14. The first-order valence-corrected chi connectivity index (χ1v) is 16.7. The van der Waals surface area contributed by atoms with Crippen molar-refractivity contribution in [3.63, 3.8) is 0 Å². The molecule has 0 spiro atoms. The molecule has 0 radical (unpaired) electrons. The van der Waals surface area contributed by atoms with Gasteiger partial charge in [-0.3, -0.25) is 23.9 Å². The third-order valence-corrected chi connectivity index (χ3v) is 9.79. The van der Waals surface area contributed by atoms with Crippen molar-refractivity contribution in [2.24, 2.45) is 7.05 Å². The number of carboxylic acid groups (broad SMARTS) is 1. The number of pyridine rings is 1. The number of thiocarbonyl (C=S) groups is 1. The van der Waals surface area contributed by atoms with Gasteiger partial charge in [0.15, 0.2) is 0 Å². The third kappa shape index (κ3) is 8.52. The van der Waals surface area contributed by atoms with Crippen molar-refractivity contribution in [2.75, 3.05) is 42.5 Å². The number of amides is 1. The predicted octanol–water partition coefficient (Wildman–Crippen LogP) is 5.83. The fourth-order valence-electron chi connectivity index (χ4n) is 5.85. The van der Waals surface area contributed by atoms with E-state index in [-0.39, 0.29) is 29.3 Å². The summed E-state index contributed by atoms with van der Waals surface area (Å²) >= 11 is 6.83. The zero-order valence-electron chi connectivity index (χ0n) is 25.9. The molecule has 2 aromatic rings. The number of benzene rings is 1. The molecule has 1 N–H and O–H groups in total. The van der Waals surface area contributed by atoms with Crippen molar-refractivity contribution < 1.29 is 19.1 Å². The number of piperazine rings is 1. The summed E-state index contributed by atoms with van der Waals surface area (Å²) in [4.78, 5) is 43.6. The van der Waals surface area contributed by atoms with E-state index in [1.54, 1.807) is 37.1 Å². The summed E-state index contributed by atoms with van der Waals surface area (Å²) in [5, 5.41) is 18.5. The monoisotopic (exact) mass is 653 g/mol. The lowest BCUT2D eigenvalue weighted by atomic mass is 10.0. The standard InChI is InChI=1S/C33H40FN5O4S2/c1-23-26(21-28-32(43)39(33(44)45-28)16-10-8-6-4-3-5-7-9-11-29(40)41)30(36(2)31(42)27(23)22-35)38-19-17-37(18-20-38)25-14-12-24(34)13-15-25/h12-15,21H,3-11,16-20H2,1-2H3,(H,40,41)/b28-21-. The number of carbonyl (C=O) groups is 2. The largest absolute Gasteiger partial charge is 0.481 e. The van der Waals surface area contributed by atoms with Crippen LogP contribution in [0.5, 0.6) is 0 Å². The maximum Gasteiger partial charge on any atom is 0.303 e. The second-order valence-corrected chi connectivity index (χ2v) is 13.1. The van der Waals surface area contributed by atoms with E-state index in [9.17, 15) is 24.0 Å². The molecule has 1 aromatic carbocycles. The Morgan fingerprint density at radius 1 is 1.00 bits per heavy atom. The molecular formula is C33H40FN5O4S2. The molecule has 0 atom stereocenters. The molecule has 2 aliphatic heterocycles. The van der Waals surface area contributed by atoms with Crippen LogP contribution >= 0.6 is 24.0 Å². The number of carbonyl (C=O) groups excluding carboxylic acids is 1. The van der Waals surface area contributed by atoms with E-state index in [0.29, 0.717) is 58.9 Å². The van der Waals surface area contributed by atoms with Gasteiger partial charge in [0.1, 0.15) is 27.6 Å². The number of unbranched alkanes of at least 4 members (excludes halogenated alkanes) is 7. The lowest BCUT2D eigenvalue weighted by Crippen LogP contribution is -2.48. The second kappa shape index (κ2) is 16.0. The van der Waals surface area contributed by atoms with Gasteiger partial charge in [-0.15, -0.1) is 0 Å². The van der Waals surface area contributed by atoms with Gasteiger partial charge in [-0.25, -0.2) is 4.39 Å². The van der Waals surface area contributed by atoms with E-state index in [2.05, 4.69) is 15.9 Å². The highest BCUT2D eigenvalue weighted by Gasteiger charge is 2.33. The van der Waals surface area contributed by atoms with Crippen LogP contribution in [0.15, 0.2) is 34.0 Å². The zero-order chi connectivity index (χ0) is 32.5. The Balaban J connectivity index is 1.42. The van der Waals surface area contributed by atoms with Gasteiger partial charge >= 0.3 is 5.97 Å². The predicted molar refractivity (Wildman–Crippen MR) is 181 cm³/mol. The summed E-state index contributed by atoms with van der Waals surface area (Å²) < 4.78 is 15.4. The highest BCUT2D eigenvalue weighted by atomic mass is 32.2. The molecule has 9 nitrogen and oxygen atoms in total. The quantitative estimate of drug-likeness (QED) is 0.153. The van der Waals surface area contributed by atoms with Crippen LogP contribution in [0.4, 0.5) is 15.9 Å². The molecule has 4 rings (SSSR count). The van der Waals surface area contributed by atoms with E-state index in [1.807, 2.05) is 0 Å². The smallest absolute Gasteiger partial charge is 0.303 e. The van der Waals surface area contributed by atoms with Gasteiger partial charge in [-0.05, 0) is 55.7 Å². The SMILES string of the molecule is Cc1c(/C=C2\SC(=S)N(CCCCCCCCCCC(=O)O)C2=O)c(N2CCN(c3ccc(F)cc3)CC2)n(C)c(=O)c1C#N. The Hall–Kier alpha value is -3.69. The summed E-state index contributed by atoms with van der Waals surface area (Å²) in [6.07, 6.45) is 9.74. The fraction of sp³-hybridized carbons (Fsp3) is 0.485. The summed E-state index contributed by atoms with van der Waals surface area (Å²) in [6.45, 7) is 4.79. The molecule has 0 aliphatic carbocycles. The first-order valence-electron chi connectivity index (χ1n) is 15.5. The van der Waals surface area contributed by atoms with Crippen LogP contribution in [-0.2, 0) is 16.6 Å².